The molecule has 0 unspecified atom stereocenters. The van der Waals surface area contributed by atoms with Crippen LogP contribution in [0.2, 0.25) is 0 Å². The molecule has 1 aliphatic rings. The van der Waals surface area contributed by atoms with Crippen molar-refractivity contribution in [1.82, 2.24) is 9.47 Å². The molecule has 2 heterocycles. The van der Waals surface area contributed by atoms with E-state index in [1.807, 2.05) is 25.2 Å². The van der Waals surface area contributed by atoms with E-state index in [-0.39, 0.29) is 0 Å². The van der Waals surface area contributed by atoms with Crippen LogP contribution in [0.1, 0.15) is 24.4 Å². The monoisotopic (exact) mass is 307 g/mol. The predicted octanol–water partition coefficient (Wildman–Crippen LogP) is 2.32. The number of rotatable bonds is 3. The second-order valence-electron chi connectivity index (χ2n) is 5.94. The first-order chi connectivity index (χ1) is 9.85. The molecule has 1 atom stereocenters. The molecular weight excluding hydrogens is 286 g/mol. The van der Waals surface area contributed by atoms with Crippen LogP contribution in [0.25, 0.3) is 10.9 Å². The molecule has 0 saturated carbocycles. The summed E-state index contributed by atoms with van der Waals surface area (Å²) in [4.78, 5) is 2.37. The Morgan fingerprint density at radius 3 is 2.67 bits per heavy atom. The highest BCUT2D eigenvalue weighted by Gasteiger charge is 2.25. The molecule has 5 nitrogen and oxygen atoms in total. The third kappa shape index (κ3) is 2.78. The SMILES string of the molecule is CN1CCC[C@@H]1c1cn(C)c2ccc(NS(C)(=O)=O)cc12. The lowest BCUT2D eigenvalue weighted by molar-refractivity contribution is 0.319. The van der Waals surface area contributed by atoms with Gasteiger partial charge in [-0.2, -0.15) is 0 Å². The Morgan fingerprint density at radius 1 is 1.29 bits per heavy atom. The highest BCUT2D eigenvalue weighted by atomic mass is 32.2. The Labute approximate surface area is 125 Å². The second kappa shape index (κ2) is 5.03. The van der Waals surface area contributed by atoms with Gasteiger partial charge in [-0.25, -0.2) is 8.42 Å². The van der Waals surface area contributed by atoms with Gasteiger partial charge in [0, 0.05) is 35.9 Å². The third-order valence-corrected chi connectivity index (χ3v) is 4.81. The minimum Gasteiger partial charge on any atom is -0.350 e. The van der Waals surface area contributed by atoms with E-state index in [0.29, 0.717) is 11.7 Å². The number of likely N-dealkylation sites (tertiary alicyclic amines) is 1. The van der Waals surface area contributed by atoms with E-state index in [1.165, 1.54) is 18.2 Å². The van der Waals surface area contributed by atoms with Crippen molar-refractivity contribution in [3.8, 4) is 0 Å². The number of nitrogens with zero attached hydrogens (tertiary/aromatic N) is 2. The molecule has 2 aromatic rings. The van der Waals surface area contributed by atoms with Crippen LogP contribution in [-0.4, -0.2) is 37.7 Å². The molecule has 1 saturated heterocycles. The van der Waals surface area contributed by atoms with Crippen LogP contribution in [0, 0.1) is 0 Å². The normalized spacial score (nSPS) is 20.2. The van der Waals surface area contributed by atoms with Crippen molar-refractivity contribution in [1.29, 1.82) is 0 Å². The first kappa shape index (κ1) is 14.4. The standard InChI is InChI=1S/C15H21N3O2S/c1-17-8-4-5-14(17)13-10-18(2)15-7-6-11(9-12(13)15)16-21(3,19)20/h6-7,9-10,14,16H,4-5,8H2,1-3H3/t14-/m1/s1. The van der Waals surface area contributed by atoms with E-state index in [9.17, 15) is 8.42 Å². The van der Waals surface area contributed by atoms with Crippen molar-refractivity contribution < 1.29 is 8.42 Å². The minimum absolute atomic E-state index is 0.419. The summed E-state index contributed by atoms with van der Waals surface area (Å²) in [6.45, 7) is 1.11. The molecular formula is C15H21N3O2S. The summed E-state index contributed by atoms with van der Waals surface area (Å²) in [7, 11) is 0.931. The molecule has 0 aliphatic carbocycles. The van der Waals surface area contributed by atoms with Crippen LogP contribution >= 0.6 is 0 Å². The number of aryl methyl sites for hydroxylation is 1. The van der Waals surface area contributed by atoms with Gasteiger partial charge in [-0.1, -0.05) is 0 Å². The van der Waals surface area contributed by atoms with E-state index >= 15 is 0 Å². The zero-order valence-corrected chi connectivity index (χ0v) is 13.4. The fraction of sp³-hybridized carbons (Fsp3) is 0.467. The van der Waals surface area contributed by atoms with Crippen molar-refractivity contribution >= 4 is 26.6 Å². The van der Waals surface area contributed by atoms with Gasteiger partial charge in [-0.3, -0.25) is 9.62 Å². The maximum absolute atomic E-state index is 11.4. The fourth-order valence-electron chi connectivity index (χ4n) is 3.27. The molecule has 114 valence electrons. The van der Waals surface area contributed by atoms with Crippen LogP contribution in [-0.2, 0) is 17.1 Å². The quantitative estimate of drug-likeness (QED) is 0.947. The molecule has 6 heteroatoms. The third-order valence-electron chi connectivity index (χ3n) is 4.20. The Balaban J connectivity index is 2.10. The van der Waals surface area contributed by atoms with Gasteiger partial charge < -0.3 is 4.57 Å². The molecule has 1 aliphatic heterocycles. The summed E-state index contributed by atoms with van der Waals surface area (Å²) >= 11 is 0. The van der Waals surface area contributed by atoms with Gasteiger partial charge in [0.2, 0.25) is 10.0 Å². The Bertz CT molecular complexity index is 780. The summed E-state index contributed by atoms with van der Waals surface area (Å²) in [5.41, 5.74) is 3.03. The first-order valence-corrected chi connectivity index (χ1v) is 9.01. The molecule has 0 amide bonds. The molecule has 0 spiro atoms. The molecule has 1 fully saturated rings. The maximum atomic E-state index is 11.4. The zero-order valence-electron chi connectivity index (χ0n) is 12.6. The Hall–Kier alpha value is -1.53. The topological polar surface area (TPSA) is 54.3 Å². The molecule has 0 radical (unpaired) electrons. The van der Waals surface area contributed by atoms with Gasteiger partial charge in [-0.15, -0.1) is 0 Å². The van der Waals surface area contributed by atoms with Gasteiger partial charge in [-0.05, 0) is 50.2 Å². The minimum atomic E-state index is -3.25. The second-order valence-corrected chi connectivity index (χ2v) is 7.69. The van der Waals surface area contributed by atoms with E-state index in [4.69, 9.17) is 0 Å². The number of hydrogen-bond acceptors (Lipinski definition) is 3. The van der Waals surface area contributed by atoms with Crippen LogP contribution < -0.4 is 4.72 Å². The summed E-state index contributed by atoms with van der Waals surface area (Å²) in [6, 6.07) is 6.15. The van der Waals surface area contributed by atoms with Gasteiger partial charge in [0.05, 0.1) is 6.26 Å². The summed E-state index contributed by atoms with van der Waals surface area (Å²) < 4.78 is 27.5. The van der Waals surface area contributed by atoms with Crippen molar-refractivity contribution in [2.45, 2.75) is 18.9 Å². The zero-order chi connectivity index (χ0) is 15.2. The van der Waals surface area contributed by atoms with E-state index < -0.39 is 10.0 Å². The molecule has 21 heavy (non-hydrogen) atoms. The lowest BCUT2D eigenvalue weighted by atomic mass is 10.0. The van der Waals surface area contributed by atoms with E-state index in [0.717, 1.165) is 23.9 Å². The maximum Gasteiger partial charge on any atom is 0.229 e. The number of anilines is 1. The van der Waals surface area contributed by atoms with Gasteiger partial charge in [0.25, 0.3) is 0 Å². The molecule has 3 rings (SSSR count). The lowest BCUT2D eigenvalue weighted by Gasteiger charge is -2.19. The lowest BCUT2D eigenvalue weighted by Crippen LogP contribution is -2.17. The summed E-state index contributed by atoms with van der Waals surface area (Å²) in [5, 5.41) is 1.13. The molecule has 1 aromatic carbocycles. The van der Waals surface area contributed by atoms with Crippen LogP contribution in [0.3, 0.4) is 0 Å². The van der Waals surface area contributed by atoms with Gasteiger partial charge in [0.15, 0.2) is 0 Å². The van der Waals surface area contributed by atoms with Crippen molar-refractivity contribution in [2.24, 2.45) is 7.05 Å². The number of benzene rings is 1. The molecule has 0 bridgehead atoms. The van der Waals surface area contributed by atoms with E-state index in [2.05, 4.69) is 27.4 Å². The number of sulfonamides is 1. The van der Waals surface area contributed by atoms with Crippen molar-refractivity contribution in [3.63, 3.8) is 0 Å². The summed E-state index contributed by atoms with van der Waals surface area (Å²) in [6.07, 6.45) is 5.70. The average molecular weight is 307 g/mol. The summed E-state index contributed by atoms with van der Waals surface area (Å²) in [5.74, 6) is 0. The molecule has 1 aromatic heterocycles. The van der Waals surface area contributed by atoms with Gasteiger partial charge in [0.1, 0.15) is 0 Å². The van der Waals surface area contributed by atoms with Crippen LogP contribution in [0.5, 0.6) is 0 Å². The Morgan fingerprint density at radius 2 is 2.05 bits per heavy atom. The highest BCUT2D eigenvalue weighted by molar-refractivity contribution is 7.92. The Kier molecular flexibility index (Phi) is 3.45. The smallest absolute Gasteiger partial charge is 0.229 e. The van der Waals surface area contributed by atoms with Crippen molar-refractivity contribution in [3.05, 3.63) is 30.0 Å². The van der Waals surface area contributed by atoms with Crippen LogP contribution in [0.4, 0.5) is 5.69 Å². The number of fused-ring (bicyclic) bond motifs is 1. The van der Waals surface area contributed by atoms with Gasteiger partial charge >= 0.3 is 0 Å². The number of hydrogen-bond donors (Lipinski definition) is 1. The highest BCUT2D eigenvalue weighted by Crippen LogP contribution is 2.36. The first-order valence-electron chi connectivity index (χ1n) is 7.12. The van der Waals surface area contributed by atoms with E-state index in [1.54, 1.807) is 0 Å². The predicted molar refractivity (Wildman–Crippen MR) is 86.0 cm³/mol. The fourth-order valence-corrected chi connectivity index (χ4v) is 3.82. The average Bonchev–Trinajstić information content (AvgIpc) is 2.92. The van der Waals surface area contributed by atoms with Crippen LogP contribution in [0.15, 0.2) is 24.4 Å². The number of nitrogens with one attached hydrogen (secondary N) is 1. The number of aromatic nitrogens is 1. The molecule has 1 N–H and O–H groups in total. The van der Waals surface area contributed by atoms with Crippen molar-refractivity contribution in [2.75, 3.05) is 24.6 Å². The largest absolute Gasteiger partial charge is 0.350 e.